The highest BCUT2D eigenvalue weighted by atomic mass is 35.5. The van der Waals surface area contributed by atoms with Crippen molar-refractivity contribution >= 4 is 33.2 Å². The van der Waals surface area contributed by atoms with Crippen molar-refractivity contribution in [1.29, 1.82) is 0 Å². The molecule has 7 heteroatoms. The maximum atomic E-state index is 12.3. The predicted molar refractivity (Wildman–Crippen MR) is 77.8 cm³/mol. The van der Waals surface area contributed by atoms with Crippen molar-refractivity contribution in [2.24, 2.45) is 11.7 Å². The first-order valence-electron chi connectivity index (χ1n) is 6.05. The van der Waals surface area contributed by atoms with Crippen molar-refractivity contribution in [3.05, 3.63) is 33.8 Å². The Hall–Kier alpha value is -0.330. The van der Waals surface area contributed by atoms with Gasteiger partial charge in [0.05, 0.1) is 5.75 Å². The van der Waals surface area contributed by atoms with Gasteiger partial charge in [-0.3, -0.25) is 0 Å². The fraction of sp³-hybridized carbons (Fsp3) is 0.500. The molecular formula is C12H16Cl2N2O2S. The third-order valence-electron chi connectivity index (χ3n) is 3.36. The van der Waals surface area contributed by atoms with Crippen molar-refractivity contribution in [2.75, 3.05) is 19.6 Å². The minimum atomic E-state index is -3.39. The van der Waals surface area contributed by atoms with E-state index in [9.17, 15) is 8.42 Å². The molecule has 0 radical (unpaired) electrons. The van der Waals surface area contributed by atoms with Crippen molar-refractivity contribution < 1.29 is 8.42 Å². The minimum absolute atomic E-state index is 0.164. The zero-order valence-electron chi connectivity index (χ0n) is 10.4. The lowest BCUT2D eigenvalue weighted by atomic mass is 10.1. The molecule has 1 saturated heterocycles. The van der Waals surface area contributed by atoms with Gasteiger partial charge in [0, 0.05) is 28.7 Å². The summed E-state index contributed by atoms with van der Waals surface area (Å²) in [5, 5.41) is 0.760. The van der Waals surface area contributed by atoms with E-state index in [0.29, 0.717) is 35.2 Å². The largest absolute Gasteiger partial charge is 0.330 e. The Labute approximate surface area is 123 Å². The third kappa shape index (κ3) is 3.41. The Bertz CT molecular complexity index is 543. The minimum Gasteiger partial charge on any atom is -0.330 e. The van der Waals surface area contributed by atoms with Crippen LogP contribution >= 0.6 is 23.2 Å². The first kappa shape index (κ1) is 15.1. The average molecular weight is 323 g/mol. The van der Waals surface area contributed by atoms with Gasteiger partial charge in [-0.25, -0.2) is 12.7 Å². The van der Waals surface area contributed by atoms with Crippen LogP contribution in [0.4, 0.5) is 0 Å². The molecule has 0 spiro atoms. The van der Waals surface area contributed by atoms with Crippen LogP contribution in [0.15, 0.2) is 18.2 Å². The summed E-state index contributed by atoms with van der Waals surface area (Å²) in [6.07, 6.45) is 0.811. The maximum Gasteiger partial charge on any atom is 0.218 e. The van der Waals surface area contributed by atoms with E-state index < -0.39 is 10.0 Å². The zero-order chi connectivity index (χ0) is 14.0. The first-order valence-corrected chi connectivity index (χ1v) is 8.41. The normalized spacial score (nSPS) is 20.9. The molecule has 4 nitrogen and oxygen atoms in total. The summed E-state index contributed by atoms with van der Waals surface area (Å²) >= 11 is 12.0. The average Bonchev–Trinajstić information content (AvgIpc) is 2.83. The van der Waals surface area contributed by atoms with Gasteiger partial charge >= 0.3 is 0 Å². The Morgan fingerprint density at radius 2 is 1.95 bits per heavy atom. The summed E-state index contributed by atoms with van der Waals surface area (Å²) in [4.78, 5) is 0. The van der Waals surface area contributed by atoms with Crippen LogP contribution in [0.3, 0.4) is 0 Å². The van der Waals surface area contributed by atoms with Crippen LogP contribution in [0.5, 0.6) is 0 Å². The summed E-state index contributed by atoms with van der Waals surface area (Å²) in [6.45, 7) is 1.52. The molecule has 1 aliphatic heterocycles. The molecule has 1 aromatic rings. The molecule has 106 valence electrons. The number of sulfonamides is 1. The van der Waals surface area contributed by atoms with Gasteiger partial charge in [0.1, 0.15) is 0 Å². The number of rotatable bonds is 4. The second-order valence-corrected chi connectivity index (χ2v) is 7.49. The van der Waals surface area contributed by atoms with E-state index in [-0.39, 0.29) is 11.7 Å². The number of hydrogen-bond donors (Lipinski definition) is 1. The molecule has 0 saturated carbocycles. The molecular weight excluding hydrogens is 307 g/mol. The van der Waals surface area contributed by atoms with Gasteiger partial charge in [-0.2, -0.15) is 0 Å². The molecule has 1 fully saturated rings. The second kappa shape index (κ2) is 5.97. The van der Waals surface area contributed by atoms with E-state index in [0.717, 1.165) is 6.42 Å². The molecule has 19 heavy (non-hydrogen) atoms. The number of hydrogen-bond acceptors (Lipinski definition) is 3. The van der Waals surface area contributed by atoms with Crippen molar-refractivity contribution in [2.45, 2.75) is 12.2 Å². The first-order chi connectivity index (χ1) is 8.94. The smallest absolute Gasteiger partial charge is 0.218 e. The van der Waals surface area contributed by atoms with Crippen LogP contribution in [0.25, 0.3) is 0 Å². The number of nitrogens with two attached hydrogens (primary N) is 1. The van der Waals surface area contributed by atoms with Gasteiger partial charge in [0.25, 0.3) is 0 Å². The Morgan fingerprint density at radius 1 is 1.32 bits per heavy atom. The molecule has 1 aromatic carbocycles. The summed E-state index contributed by atoms with van der Waals surface area (Å²) in [5.74, 6) is 0.0829. The topological polar surface area (TPSA) is 63.4 Å². The second-order valence-electron chi connectivity index (χ2n) is 4.70. The van der Waals surface area contributed by atoms with E-state index in [1.807, 2.05) is 0 Å². The van der Waals surface area contributed by atoms with Gasteiger partial charge in [0.2, 0.25) is 10.0 Å². The van der Waals surface area contributed by atoms with E-state index in [4.69, 9.17) is 28.9 Å². The van der Waals surface area contributed by atoms with Crippen LogP contribution in [0, 0.1) is 5.92 Å². The molecule has 1 atom stereocenters. The van der Waals surface area contributed by atoms with Crippen LogP contribution in [-0.2, 0) is 15.8 Å². The maximum absolute atomic E-state index is 12.3. The monoisotopic (exact) mass is 322 g/mol. The molecule has 1 aliphatic rings. The summed E-state index contributed by atoms with van der Waals surface area (Å²) in [7, 11) is -3.39. The van der Waals surface area contributed by atoms with Crippen LogP contribution in [0.2, 0.25) is 10.0 Å². The SMILES string of the molecule is NCC1CCN(S(=O)(=O)Cc2c(Cl)cccc2Cl)C1. The fourth-order valence-corrected chi connectivity index (χ4v) is 4.56. The number of benzene rings is 1. The van der Waals surface area contributed by atoms with Crippen LogP contribution < -0.4 is 5.73 Å². The van der Waals surface area contributed by atoms with E-state index in [1.165, 1.54) is 4.31 Å². The lowest BCUT2D eigenvalue weighted by Gasteiger charge is -2.17. The molecule has 0 amide bonds. The number of nitrogens with zero attached hydrogens (tertiary/aromatic N) is 1. The van der Waals surface area contributed by atoms with Crippen molar-refractivity contribution in [3.8, 4) is 0 Å². The zero-order valence-corrected chi connectivity index (χ0v) is 12.7. The highest BCUT2D eigenvalue weighted by molar-refractivity contribution is 7.88. The van der Waals surface area contributed by atoms with Gasteiger partial charge in [-0.05, 0) is 31.0 Å². The van der Waals surface area contributed by atoms with E-state index in [1.54, 1.807) is 18.2 Å². The van der Waals surface area contributed by atoms with Crippen LogP contribution in [-0.4, -0.2) is 32.4 Å². The van der Waals surface area contributed by atoms with Gasteiger partial charge in [0.15, 0.2) is 0 Å². The van der Waals surface area contributed by atoms with Gasteiger partial charge < -0.3 is 5.73 Å². The molecule has 2 N–H and O–H groups in total. The number of halogens is 2. The van der Waals surface area contributed by atoms with Crippen molar-refractivity contribution in [1.82, 2.24) is 4.31 Å². The van der Waals surface area contributed by atoms with Crippen LogP contribution in [0.1, 0.15) is 12.0 Å². The predicted octanol–water partition coefficient (Wildman–Crippen LogP) is 2.10. The standard InChI is InChI=1S/C12H16Cl2N2O2S/c13-11-2-1-3-12(14)10(11)8-19(17,18)16-5-4-9(6-15)7-16/h1-3,9H,4-8,15H2. The lowest BCUT2D eigenvalue weighted by Crippen LogP contribution is -2.31. The van der Waals surface area contributed by atoms with E-state index >= 15 is 0 Å². The molecule has 2 rings (SSSR count). The summed E-state index contributed by atoms with van der Waals surface area (Å²) < 4.78 is 26.1. The molecule has 0 bridgehead atoms. The van der Waals surface area contributed by atoms with E-state index in [2.05, 4.69) is 0 Å². The Morgan fingerprint density at radius 3 is 2.47 bits per heavy atom. The lowest BCUT2D eigenvalue weighted by molar-refractivity contribution is 0.458. The third-order valence-corrected chi connectivity index (χ3v) is 5.84. The molecule has 0 aliphatic carbocycles. The molecule has 0 aromatic heterocycles. The summed E-state index contributed by atoms with van der Waals surface area (Å²) in [6, 6.07) is 4.98. The molecule has 1 unspecified atom stereocenters. The highest BCUT2D eigenvalue weighted by Crippen LogP contribution is 2.28. The molecule has 1 heterocycles. The Balaban J connectivity index is 2.18. The van der Waals surface area contributed by atoms with Crippen molar-refractivity contribution in [3.63, 3.8) is 0 Å². The van der Waals surface area contributed by atoms with Gasteiger partial charge in [-0.1, -0.05) is 29.3 Å². The fourth-order valence-electron chi connectivity index (χ4n) is 2.19. The van der Waals surface area contributed by atoms with Gasteiger partial charge in [-0.15, -0.1) is 0 Å². The Kier molecular flexibility index (Phi) is 4.74. The summed E-state index contributed by atoms with van der Waals surface area (Å²) in [5.41, 5.74) is 6.04. The highest BCUT2D eigenvalue weighted by Gasteiger charge is 2.31. The quantitative estimate of drug-likeness (QED) is 0.923.